The molecule has 0 unspecified atom stereocenters. The summed E-state index contributed by atoms with van der Waals surface area (Å²) in [6, 6.07) is 3.93. The zero-order chi connectivity index (χ0) is 18.2. The van der Waals surface area contributed by atoms with Crippen LogP contribution in [0.25, 0.3) is 0 Å². The molecule has 2 rings (SSSR count). The number of nitrogens with two attached hydrogens (primary N) is 1. The molecule has 0 atom stereocenters. The van der Waals surface area contributed by atoms with Gasteiger partial charge >= 0.3 is 0 Å². The SMILES string of the molecule is COc1cc2c(cc1OC)CN(C(=O)CCCNC(=O)CCN)CC2. The molecular weight excluding hydrogens is 322 g/mol. The average molecular weight is 349 g/mol. The molecule has 1 aliphatic rings. The van der Waals surface area contributed by atoms with E-state index in [1.54, 1.807) is 14.2 Å². The summed E-state index contributed by atoms with van der Waals surface area (Å²) in [6.07, 6.45) is 2.17. The molecule has 0 saturated carbocycles. The number of fused-ring (bicyclic) bond motifs is 1. The van der Waals surface area contributed by atoms with Crippen molar-refractivity contribution < 1.29 is 19.1 Å². The van der Waals surface area contributed by atoms with Crippen molar-refractivity contribution in [1.29, 1.82) is 0 Å². The third kappa shape index (κ3) is 5.09. The number of hydrogen-bond donors (Lipinski definition) is 2. The first-order valence-corrected chi connectivity index (χ1v) is 8.57. The minimum absolute atomic E-state index is 0.0668. The summed E-state index contributed by atoms with van der Waals surface area (Å²) >= 11 is 0. The topological polar surface area (TPSA) is 93.9 Å². The first kappa shape index (κ1) is 19.1. The van der Waals surface area contributed by atoms with E-state index < -0.39 is 0 Å². The van der Waals surface area contributed by atoms with E-state index in [0.717, 1.165) is 12.0 Å². The highest BCUT2D eigenvalue weighted by atomic mass is 16.5. The molecule has 7 heteroatoms. The fraction of sp³-hybridized carbons (Fsp3) is 0.556. The normalized spacial score (nSPS) is 13.2. The van der Waals surface area contributed by atoms with E-state index in [1.807, 2.05) is 17.0 Å². The highest BCUT2D eigenvalue weighted by molar-refractivity contribution is 5.77. The summed E-state index contributed by atoms with van der Waals surface area (Å²) in [6.45, 7) is 2.11. The van der Waals surface area contributed by atoms with Crippen LogP contribution in [-0.4, -0.2) is 50.6 Å². The molecule has 1 aliphatic heterocycles. The highest BCUT2D eigenvalue weighted by Gasteiger charge is 2.22. The maximum Gasteiger partial charge on any atom is 0.222 e. The highest BCUT2D eigenvalue weighted by Crippen LogP contribution is 2.33. The van der Waals surface area contributed by atoms with Crippen molar-refractivity contribution in [2.75, 3.05) is 33.9 Å². The first-order chi connectivity index (χ1) is 12.1. The summed E-state index contributed by atoms with van der Waals surface area (Å²) in [7, 11) is 3.23. The van der Waals surface area contributed by atoms with Crippen molar-refractivity contribution in [1.82, 2.24) is 10.2 Å². The minimum atomic E-state index is -0.0668. The lowest BCUT2D eigenvalue weighted by atomic mass is 9.98. The van der Waals surface area contributed by atoms with Crippen LogP contribution in [0.4, 0.5) is 0 Å². The number of methoxy groups -OCH3 is 2. The van der Waals surface area contributed by atoms with Crippen LogP contribution in [0.2, 0.25) is 0 Å². The van der Waals surface area contributed by atoms with E-state index in [4.69, 9.17) is 15.2 Å². The van der Waals surface area contributed by atoms with Gasteiger partial charge in [0.05, 0.1) is 14.2 Å². The summed E-state index contributed by atoms with van der Waals surface area (Å²) in [5.41, 5.74) is 7.60. The fourth-order valence-corrected chi connectivity index (χ4v) is 2.94. The Kier molecular flexibility index (Phi) is 7.06. The van der Waals surface area contributed by atoms with E-state index in [9.17, 15) is 9.59 Å². The monoisotopic (exact) mass is 349 g/mol. The standard InChI is InChI=1S/C18H27N3O4/c1-24-15-10-13-6-9-21(12-14(13)11-16(15)25-2)18(23)4-3-8-20-17(22)5-7-19/h10-11H,3-9,12,19H2,1-2H3,(H,20,22). The number of nitrogens with one attached hydrogen (secondary N) is 1. The molecule has 0 radical (unpaired) electrons. The average Bonchev–Trinajstić information content (AvgIpc) is 2.63. The Morgan fingerprint density at radius 3 is 2.48 bits per heavy atom. The van der Waals surface area contributed by atoms with Gasteiger partial charge in [0.15, 0.2) is 11.5 Å². The largest absolute Gasteiger partial charge is 0.493 e. The Morgan fingerprint density at radius 2 is 1.84 bits per heavy atom. The Labute approximate surface area is 148 Å². The molecular formula is C18H27N3O4. The lowest BCUT2D eigenvalue weighted by Crippen LogP contribution is -2.36. The molecule has 0 aliphatic carbocycles. The van der Waals surface area contributed by atoms with Crippen molar-refractivity contribution in [3.8, 4) is 11.5 Å². The molecule has 3 N–H and O–H groups in total. The van der Waals surface area contributed by atoms with Gasteiger partial charge in [-0.15, -0.1) is 0 Å². The van der Waals surface area contributed by atoms with Crippen LogP contribution >= 0.6 is 0 Å². The predicted octanol–water partition coefficient (Wildman–Crippen LogP) is 0.834. The van der Waals surface area contributed by atoms with Gasteiger partial charge in [-0.1, -0.05) is 0 Å². The minimum Gasteiger partial charge on any atom is -0.493 e. The lowest BCUT2D eigenvalue weighted by Gasteiger charge is -2.29. The smallest absolute Gasteiger partial charge is 0.222 e. The molecule has 138 valence electrons. The number of ether oxygens (including phenoxy) is 2. The maximum atomic E-state index is 12.4. The Hall–Kier alpha value is -2.28. The van der Waals surface area contributed by atoms with Crippen molar-refractivity contribution in [3.05, 3.63) is 23.3 Å². The van der Waals surface area contributed by atoms with Gasteiger partial charge in [-0.05, 0) is 36.1 Å². The van der Waals surface area contributed by atoms with Crippen molar-refractivity contribution in [2.45, 2.75) is 32.2 Å². The summed E-state index contributed by atoms with van der Waals surface area (Å²) in [5.74, 6) is 1.43. The molecule has 0 spiro atoms. The van der Waals surface area contributed by atoms with Crippen LogP contribution in [-0.2, 0) is 22.6 Å². The van der Waals surface area contributed by atoms with Gasteiger partial charge in [-0.2, -0.15) is 0 Å². The van der Waals surface area contributed by atoms with E-state index in [2.05, 4.69) is 5.32 Å². The summed E-state index contributed by atoms with van der Waals surface area (Å²) < 4.78 is 10.7. The van der Waals surface area contributed by atoms with Crippen LogP contribution in [0.1, 0.15) is 30.4 Å². The third-order valence-electron chi connectivity index (χ3n) is 4.33. The second kappa shape index (κ2) is 9.27. The molecule has 1 heterocycles. The van der Waals surface area contributed by atoms with E-state index in [-0.39, 0.29) is 11.8 Å². The third-order valence-corrected chi connectivity index (χ3v) is 4.33. The number of carbonyl (C=O) groups excluding carboxylic acids is 2. The number of amides is 2. The Bertz CT molecular complexity index is 619. The first-order valence-electron chi connectivity index (χ1n) is 8.57. The molecule has 0 fully saturated rings. The van der Waals surface area contributed by atoms with Gasteiger partial charge in [0.2, 0.25) is 11.8 Å². The molecule has 0 aromatic heterocycles. The molecule has 7 nitrogen and oxygen atoms in total. The van der Waals surface area contributed by atoms with Crippen LogP contribution in [0, 0.1) is 0 Å². The van der Waals surface area contributed by atoms with E-state index in [1.165, 1.54) is 5.56 Å². The second-order valence-corrected chi connectivity index (χ2v) is 6.03. The fourth-order valence-electron chi connectivity index (χ4n) is 2.94. The molecule has 0 bridgehead atoms. The van der Waals surface area contributed by atoms with Crippen LogP contribution in [0.3, 0.4) is 0 Å². The number of nitrogens with zero attached hydrogens (tertiary/aromatic N) is 1. The molecule has 0 saturated heterocycles. The Morgan fingerprint density at radius 1 is 1.16 bits per heavy atom. The summed E-state index contributed by atoms with van der Waals surface area (Å²) in [4.78, 5) is 25.6. The zero-order valence-electron chi connectivity index (χ0n) is 15.0. The number of hydrogen-bond acceptors (Lipinski definition) is 5. The maximum absolute atomic E-state index is 12.4. The predicted molar refractivity (Wildman–Crippen MR) is 94.6 cm³/mol. The van der Waals surface area contributed by atoms with Gasteiger partial charge in [-0.3, -0.25) is 9.59 Å². The van der Waals surface area contributed by atoms with Crippen LogP contribution in [0.15, 0.2) is 12.1 Å². The van der Waals surface area contributed by atoms with E-state index in [0.29, 0.717) is 56.9 Å². The lowest BCUT2D eigenvalue weighted by molar-refractivity contribution is -0.132. The van der Waals surface area contributed by atoms with Crippen LogP contribution < -0.4 is 20.5 Å². The van der Waals surface area contributed by atoms with Crippen molar-refractivity contribution in [3.63, 3.8) is 0 Å². The van der Waals surface area contributed by atoms with Gasteiger partial charge in [0.1, 0.15) is 0 Å². The summed E-state index contributed by atoms with van der Waals surface area (Å²) in [5, 5.41) is 2.77. The van der Waals surface area contributed by atoms with Crippen molar-refractivity contribution in [2.24, 2.45) is 5.73 Å². The van der Waals surface area contributed by atoms with Crippen molar-refractivity contribution >= 4 is 11.8 Å². The van der Waals surface area contributed by atoms with Gasteiger partial charge in [0.25, 0.3) is 0 Å². The van der Waals surface area contributed by atoms with E-state index >= 15 is 0 Å². The quantitative estimate of drug-likeness (QED) is 0.678. The second-order valence-electron chi connectivity index (χ2n) is 6.03. The number of carbonyl (C=O) groups is 2. The molecule has 1 aromatic carbocycles. The van der Waals surface area contributed by atoms with Crippen LogP contribution in [0.5, 0.6) is 11.5 Å². The number of rotatable bonds is 8. The Balaban J connectivity index is 1.87. The molecule has 1 aromatic rings. The molecule has 2 amide bonds. The molecule has 25 heavy (non-hydrogen) atoms. The van der Waals surface area contributed by atoms with Gasteiger partial charge < -0.3 is 25.4 Å². The number of benzene rings is 1. The van der Waals surface area contributed by atoms with Gasteiger partial charge in [-0.25, -0.2) is 0 Å². The zero-order valence-corrected chi connectivity index (χ0v) is 15.0. The van der Waals surface area contributed by atoms with Gasteiger partial charge in [0, 0.05) is 39.0 Å².